The van der Waals surface area contributed by atoms with Crippen LogP contribution in [0.5, 0.6) is 5.75 Å². The van der Waals surface area contributed by atoms with Crippen LogP contribution < -0.4 is 10.1 Å². The molecule has 0 atom stereocenters. The third-order valence-corrected chi connectivity index (χ3v) is 7.87. The van der Waals surface area contributed by atoms with Gasteiger partial charge in [0, 0.05) is 27.9 Å². The quantitative estimate of drug-likeness (QED) is 0.230. The molecule has 0 saturated heterocycles. The second-order valence-corrected chi connectivity index (χ2v) is 10.7. The van der Waals surface area contributed by atoms with Crippen LogP contribution in [0.3, 0.4) is 0 Å². The second kappa shape index (κ2) is 9.25. The number of nitrogens with zero attached hydrogens (tertiary/aromatic N) is 4. The first-order chi connectivity index (χ1) is 18.3. The van der Waals surface area contributed by atoms with Gasteiger partial charge in [0.05, 0.1) is 28.8 Å². The van der Waals surface area contributed by atoms with E-state index in [4.69, 9.17) is 24.2 Å². The fraction of sp³-hybridized carbons (Fsp3) is 0.241. The molecule has 0 amide bonds. The highest BCUT2D eigenvalue weighted by molar-refractivity contribution is 7.16. The molecule has 0 saturated carbocycles. The summed E-state index contributed by atoms with van der Waals surface area (Å²) in [5, 5.41) is 11.6. The molecule has 6 rings (SSSR count). The number of benzene rings is 2. The number of H-pyrrole nitrogens is 1. The van der Waals surface area contributed by atoms with E-state index in [-0.39, 0.29) is 0 Å². The SMILES string of the molecule is COc1cc2c(cc1-c1c(C)noc1C)[nH]c1nc(C)nc(Nc3sc(C(C)C)nc3-c3ccccc3)c12. The Morgan fingerprint density at radius 2 is 1.82 bits per heavy atom. The maximum atomic E-state index is 5.84. The first kappa shape index (κ1) is 24.1. The monoisotopic (exact) mass is 524 g/mol. The Hall–Kier alpha value is -4.24. The van der Waals surface area contributed by atoms with E-state index in [9.17, 15) is 0 Å². The average Bonchev–Trinajstić information content (AvgIpc) is 3.58. The molecular weight excluding hydrogens is 496 g/mol. The van der Waals surface area contributed by atoms with Gasteiger partial charge in [0.1, 0.15) is 39.5 Å². The average molecular weight is 525 g/mol. The lowest BCUT2D eigenvalue weighted by Gasteiger charge is -2.10. The van der Waals surface area contributed by atoms with Crippen molar-refractivity contribution in [3.63, 3.8) is 0 Å². The third kappa shape index (κ3) is 3.99. The summed E-state index contributed by atoms with van der Waals surface area (Å²) in [6, 6.07) is 14.3. The fourth-order valence-electron chi connectivity index (χ4n) is 4.83. The van der Waals surface area contributed by atoms with E-state index in [0.29, 0.717) is 11.7 Å². The van der Waals surface area contributed by atoms with E-state index in [1.165, 1.54) is 0 Å². The van der Waals surface area contributed by atoms with E-state index < -0.39 is 0 Å². The number of nitrogens with one attached hydrogen (secondary N) is 2. The maximum Gasteiger partial charge on any atom is 0.144 e. The van der Waals surface area contributed by atoms with Crippen LogP contribution in [0.4, 0.5) is 10.8 Å². The first-order valence-corrected chi connectivity index (χ1v) is 13.3. The predicted octanol–water partition coefficient (Wildman–Crippen LogP) is 7.69. The molecule has 0 aliphatic carbocycles. The topological polar surface area (TPSA) is 102 Å². The largest absolute Gasteiger partial charge is 0.496 e. The van der Waals surface area contributed by atoms with Crippen LogP contribution in [-0.2, 0) is 0 Å². The molecule has 0 unspecified atom stereocenters. The van der Waals surface area contributed by atoms with E-state index in [0.717, 1.165) is 77.4 Å². The van der Waals surface area contributed by atoms with Crippen molar-refractivity contribution in [2.24, 2.45) is 0 Å². The highest BCUT2D eigenvalue weighted by Crippen LogP contribution is 2.43. The number of thiazole rings is 1. The smallest absolute Gasteiger partial charge is 0.144 e. The normalized spacial score (nSPS) is 11.7. The summed E-state index contributed by atoms with van der Waals surface area (Å²) in [4.78, 5) is 18.0. The van der Waals surface area contributed by atoms with Crippen molar-refractivity contribution in [2.75, 3.05) is 12.4 Å². The summed E-state index contributed by atoms with van der Waals surface area (Å²) in [5.41, 5.74) is 6.32. The zero-order valence-electron chi connectivity index (χ0n) is 22.1. The maximum absolute atomic E-state index is 5.84. The molecular formula is C29H28N6O2S. The number of hydrogen-bond donors (Lipinski definition) is 2. The van der Waals surface area contributed by atoms with E-state index in [1.54, 1.807) is 18.4 Å². The Balaban J connectivity index is 1.55. The van der Waals surface area contributed by atoms with Crippen LogP contribution in [-0.4, -0.2) is 32.2 Å². The standard InChI is InChI=1S/C29H28N6O2S/c1-14(2)28-33-25(18-10-8-7-9-11-18)29(38-28)34-27-24-19-13-22(36-6)20(23-15(3)35-37-16(23)4)12-21(19)32-26(24)30-17(5)31-27/h7-14H,1-6H3,(H2,30,31,32,34). The Morgan fingerprint density at radius 3 is 2.50 bits per heavy atom. The van der Waals surface area contributed by atoms with Gasteiger partial charge >= 0.3 is 0 Å². The lowest BCUT2D eigenvalue weighted by atomic mass is 10.0. The molecule has 0 radical (unpaired) electrons. The lowest BCUT2D eigenvalue weighted by molar-refractivity contribution is 0.393. The van der Waals surface area contributed by atoms with E-state index in [2.05, 4.69) is 47.5 Å². The molecule has 9 heteroatoms. The van der Waals surface area contributed by atoms with Crippen molar-refractivity contribution in [3.8, 4) is 28.1 Å². The number of ether oxygens (including phenoxy) is 1. The van der Waals surface area contributed by atoms with Gasteiger partial charge in [-0.05, 0) is 32.9 Å². The van der Waals surface area contributed by atoms with Gasteiger partial charge in [-0.2, -0.15) is 0 Å². The van der Waals surface area contributed by atoms with Gasteiger partial charge in [-0.3, -0.25) is 0 Å². The summed E-state index contributed by atoms with van der Waals surface area (Å²) in [5.74, 6) is 3.17. The van der Waals surface area contributed by atoms with Gasteiger partial charge in [0.25, 0.3) is 0 Å². The highest BCUT2D eigenvalue weighted by atomic mass is 32.1. The number of fused-ring (bicyclic) bond motifs is 3. The van der Waals surface area contributed by atoms with E-state index in [1.807, 2.05) is 45.0 Å². The summed E-state index contributed by atoms with van der Waals surface area (Å²) in [7, 11) is 1.67. The predicted molar refractivity (Wildman–Crippen MR) is 153 cm³/mol. The number of methoxy groups -OCH3 is 1. The van der Waals surface area contributed by atoms with Crippen LogP contribution in [0.2, 0.25) is 0 Å². The minimum Gasteiger partial charge on any atom is -0.496 e. The van der Waals surface area contributed by atoms with Gasteiger partial charge in [-0.1, -0.05) is 49.3 Å². The summed E-state index contributed by atoms with van der Waals surface area (Å²) >= 11 is 1.66. The van der Waals surface area contributed by atoms with Crippen LogP contribution in [0.25, 0.3) is 44.3 Å². The zero-order chi connectivity index (χ0) is 26.6. The van der Waals surface area contributed by atoms with E-state index >= 15 is 0 Å². The summed E-state index contributed by atoms with van der Waals surface area (Å²) in [6.07, 6.45) is 0. The molecule has 2 N–H and O–H groups in total. The molecule has 0 aliphatic rings. The second-order valence-electron chi connectivity index (χ2n) is 9.64. The van der Waals surface area contributed by atoms with Crippen LogP contribution >= 0.6 is 11.3 Å². The van der Waals surface area contributed by atoms with Crippen molar-refractivity contribution >= 4 is 44.1 Å². The fourth-order valence-corrected chi connectivity index (χ4v) is 5.82. The van der Waals surface area contributed by atoms with Gasteiger partial charge in [0.2, 0.25) is 0 Å². The number of rotatable bonds is 6. The Kier molecular flexibility index (Phi) is 5.87. The van der Waals surface area contributed by atoms with Crippen molar-refractivity contribution in [3.05, 3.63) is 64.8 Å². The van der Waals surface area contributed by atoms with Crippen LogP contribution in [0.15, 0.2) is 47.0 Å². The molecule has 4 heterocycles. The number of hydrogen-bond acceptors (Lipinski definition) is 8. The number of anilines is 2. The summed E-state index contributed by atoms with van der Waals surface area (Å²) < 4.78 is 11.3. The molecule has 0 bridgehead atoms. The molecule has 38 heavy (non-hydrogen) atoms. The summed E-state index contributed by atoms with van der Waals surface area (Å²) in [6.45, 7) is 10.1. The molecule has 6 aromatic rings. The van der Waals surface area contributed by atoms with Crippen molar-refractivity contribution in [1.82, 2.24) is 25.1 Å². The molecule has 2 aromatic carbocycles. The van der Waals surface area contributed by atoms with Crippen molar-refractivity contribution in [1.29, 1.82) is 0 Å². The molecule has 0 aliphatic heterocycles. The lowest BCUT2D eigenvalue weighted by Crippen LogP contribution is -1.98. The number of aromatic nitrogens is 5. The minimum absolute atomic E-state index is 0.310. The molecule has 192 valence electrons. The minimum atomic E-state index is 0.310. The van der Waals surface area contributed by atoms with Gasteiger partial charge < -0.3 is 19.6 Å². The van der Waals surface area contributed by atoms with Gasteiger partial charge in [0.15, 0.2) is 0 Å². The Bertz CT molecular complexity index is 1780. The molecule has 8 nitrogen and oxygen atoms in total. The molecule has 4 aromatic heterocycles. The highest BCUT2D eigenvalue weighted by Gasteiger charge is 2.22. The van der Waals surface area contributed by atoms with Gasteiger partial charge in [-0.25, -0.2) is 15.0 Å². The van der Waals surface area contributed by atoms with Crippen molar-refractivity contribution < 1.29 is 9.26 Å². The van der Waals surface area contributed by atoms with Crippen molar-refractivity contribution in [2.45, 2.75) is 40.5 Å². The molecule has 0 spiro atoms. The number of aryl methyl sites for hydroxylation is 3. The zero-order valence-corrected chi connectivity index (χ0v) is 22.9. The molecule has 0 fully saturated rings. The Labute approximate surface area is 224 Å². The van der Waals surface area contributed by atoms with Gasteiger partial charge in [-0.15, -0.1) is 11.3 Å². The van der Waals surface area contributed by atoms with Crippen LogP contribution in [0.1, 0.15) is 42.1 Å². The third-order valence-electron chi connectivity index (χ3n) is 6.60. The first-order valence-electron chi connectivity index (χ1n) is 12.5. The number of aromatic amines is 1. The van der Waals surface area contributed by atoms with Crippen LogP contribution in [0, 0.1) is 20.8 Å². The Morgan fingerprint density at radius 1 is 1.03 bits per heavy atom.